The number of hydrogen-bond acceptors (Lipinski definition) is 5. The van der Waals surface area contributed by atoms with Gasteiger partial charge in [0.2, 0.25) is 0 Å². The first-order chi connectivity index (χ1) is 11.5. The molecule has 124 valence electrons. The number of hydrazone groups is 1. The topological polar surface area (TPSA) is 93.8 Å². The van der Waals surface area contributed by atoms with Crippen LogP contribution in [0.15, 0.2) is 47.6 Å². The van der Waals surface area contributed by atoms with E-state index in [4.69, 9.17) is 27.9 Å². The van der Waals surface area contributed by atoms with E-state index in [-0.39, 0.29) is 17.3 Å². The maximum absolute atomic E-state index is 11.6. The van der Waals surface area contributed by atoms with E-state index in [1.165, 1.54) is 24.4 Å². The van der Waals surface area contributed by atoms with Crippen molar-refractivity contribution in [3.05, 3.63) is 68.2 Å². The number of nitrogens with zero attached hydrogens (tertiary/aromatic N) is 2. The second kappa shape index (κ2) is 8.28. The summed E-state index contributed by atoms with van der Waals surface area (Å²) in [5.74, 6) is -0.124. The molecular weight excluding hydrogens is 357 g/mol. The zero-order chi connectivity index (χ0) is 17.5. The number of nitro benzene ring substituents is 1. The monoisotopic (exact) mass is 367 g/mol. The number of carbonyl (C=O) groups excluding carboxylic acids is 1. The summed E-state index contributed by atoms with van der Waals surface area (Å²) in [6.07, 6.45) is 1.26. The zero-order valence-corrected chi connectivity index (χ0v) is 13.6. The van der Waals surface area contributed by atoms with Crippen LogP contribution < -0.4 is 10.2 Å². The lowest BCUT2D eigenvalue weighted by atomic mass is 10.2. The van der Waals surface area contributed by atoms with Crippen LogP contribution in [0.5, 0.6) is 5.75 Å². The highest BCUT2D eigenvalue weighted by Gasteiger charge is 2.11. The zero-order valence-electron chi connectivity index (χ0n) is 12.1. The summed E-state index contributed by atoms with van der Waals surface area (Å²) in [6, 6.07) is 10.9. The fraction of sp³-hybridized carbons (Fsp3) is 0.0667. The molecule has 2 aromatic rings. The van der Waals surface area contributed by atoms with Crippen molar-refractivity contribution < 1.29 is 14.5 Å². The summed E-state index contributed by atoms with van der Waals surface area (Å²) in [4.78, 5) is 21.8. The minimum Gasteiger partial charge on any atom is -0.482 e. The predicted molar refractivity (Wildman–Crippen MR) is 90.8 cm³/mol. The van der Waals surface area contributed by atoms with E-state index in [1.807, 2.05) is 0 Å². The predicted octanol–water partition coefficient (Wildman–Crippen LogP) is 3.43. The Balaban J connectivity index is 1.90. The smallest absolute Gasteiger partial charge is 0.288 e. The molecule has 0 heterocycles. The Morgan fingerprint density at radius 1 is 1.25 bits per heavy atom. The van der Waals surface area contributed by atoms with Gasteiger partial charge in [-0.25, -0.2) is 5.43 Å². The summed E-state index contributed by atoms with van der Waals surface area (Å²) in [6.45, 7) is -0.276. The molecule has 9 heteroatoms. The van der Waals surface area contributed by atoms with Crippen molar-refractivity contribution in [2.24, 2.45) is 5.10 Å². The number of nitro groups is 1. The van der Waals surface area contributed by atoms with Gasteiger partial charge in [0.05, 0.1) is 16.2 Å². The molecule has 0 saturated heterocycles. The van der Waals surface area contributed by atoms with Crippen LogP contribution in [-0.2, 0) is 4.79 Å². The second-order valence-corrected chi connectivity index (χ2v) is 5.29. The number of benzene rings is 2. The standard InChI is InChI=1S/C15H11Cl2N3O4/c16-11-6-5-10(7-13(11)20(22)23)8-18-19-15(21)9-24-14-4-2-1-3-12(14)17/h1-8H,9H2,(H,19,21). The normalized spacial score (nSPS) is 10.6. The number of halogens is 2. The van der Waals surface area contributed by atoms with Crippen molar-refractivity contribution in [1.29, 1.82) is 0 Å². The van der Waals surface area contributed by atoms with Crippen molar-refractivity contribution in [2.45, 2.75) is 0 Å². The van der Waals surface area contributed by atoms with Crippen molar-refractivity contribution in [3.8, 4) is 5.75 Å². The summed E-state index contributed by atoms with van der Waals surface area (Å²) >= 11 is 11.6. The van der Waals surface area contributed by atoms with E-state index in [0.717, 1.165) is 0 Å². The van der Waals surface area contributed by atoms with Crippen molar-refractivity contribution in [1.82, 2.24) is 5.43 Å². The quantitative estimate of drug-likeness (QED) is 0.480. The van der Waals surface area contributed by atoms with Crippen LogP contribution in [0.25, 0.3) is 0 Å². The third-order valence-electron chi connectivity index (χ3n) is 2.77. The van der Waals surface area contributed by atoms with Crippen LogP contribution in [0, 0.1) is 10.1 Å². The van der Waals surface area contributed by atoms with Gasteiger partial charge in [-0.3, -0.25) is 14.9 Å². The van der Waals surface area contributed by atoms with Crippen LogP contribution in [0.4, 0.5) is 5.69 Å². The van der Waals surface area contributed by atoms with Gasteiger partial charge >= 0.3 is 0 Å². The molecule has 2 aromatic carbocycles. The summed E-state index contributed by atoms with van der Waals surface area (Å²) < 4.78 is 5.24. The molecule has 0 unspecified atom stereocenters. The number of rotatable bonds is 6. The summed E-state index contributed by atoms with van der Waals surface area (Å²) in [5.41, 5.74) is 2.42. The molecule has 0 aliphatic rings. The molecule has 0 radical (unpaired) electrons. The molecular formula is C15H11Cl2N3O4. The molecule has 0 aromatic heterocycles. The summed E-state index contributed by atoms with van der Waals surface area (Å²) in [5, 5.41) is 14.9. The van der Waals surface area contributed by atoms with Crippen molar-refractivity contribution in [3.63, 3.8) is 0 Å². The molecule has 0 atom stereocenters. The van der Waals surface area contributed by atoms with Crippen LogP contribution >= 0.6 is 23.2 Å². The molecule has 0 spiro atoms. The first kappa shape index (κ1) is 17.7. The lowest BCUT2D eigenvalue weighted by Gasteiger charge is -2.06. The van der Waals surface area contributed by atoms with E-state index in [1.54, 1.807) is 24.3 Å². The molecule has 24 heavy (non-hydrogen) atoms. The Labute approximate surface area is 147 Å². The van der Waals surface area contributed by atoms with Crippen molar-refractivity contribution >= 4 is 41.0 Å². The second-order valence-electron chi connectivity index (χ2n) is 4.48. The van der Waals surface area contributed by atoms with Crippen LogP contribution in [0.3, 0.4) is 0 Å². The molecule has 0 saturated carbocycles. The minimum atomic E-state index is -0.601. The summed E-state index contributed by atoms with van der Waals surface area (Å²) in [7, 11) is 0. The maximum atomic E-state index is 11.6. The molecule has 0 fully saturated rings. The first-order valence-electron chi connectivity index (χ1n) is 6.60. The van der Waals surface area contributed by atoms with Crippen LogP contribution in [0.2, 0.25) is 10.0 Å². The van der Waals surface area contributed by atoms with Gasteiger partial charge in [-0.05, 0) is 18.2 Å². The Kier molecular flexibility index (Phi) is 6.11. The molecule has 1 amide bonds. The third-order valence-corrected chi connectivity index (χ3v) is 3.40. The largest absolute Gasteiger partial charge is 0.482 e. The molecule has 0 bridgehead atoms. The Bertz CT molecular complexity index is 796. The highest BCUT2D eigenvalue weighted by Crippen LogP contribution is 2.24. The van der Waals surface area contributed by atoms with E-state index in [0.29, 0.717) is 16.3 Å². The van der Waals surface area contributed by atoms with E-state index < -0.39 is 10.8 Å². The first-order valence-corrected chi connectivity index (χ1v) is 7.36. The average molecular weight is 368 g/mol. The van der Waals surface area contributed by atoms with Gasteiger partial charge in [0.25, 0.3) is 11.6 Å². The van der Waals surface area contributed by atoms with Crippen LogP contribution in [-0.4, -0.2) is 23.7 Å². The number of ether oxygens (including phenoxy) is 1. The van der Waals surface area contributed by atoms with E-state index >= 15 is 0 Å². The molecule has 0 aliphatic heterocycles. The lowest BCUT2D eigenvalue weighted by Crippen LogP contribution is -2.24. The Hall–Kier alpha value is -2.64. The average Bonchev–Trinajstić information content (AvgIpc) is 2.55. The van der Waals surface area contributed by atoms with Gasteiger partial charge < -0.3 is 4.74 Å². The minimum absolute atomic E-state index is 0.0225. The number of amides is 1. The fourth-order valence-electron chi connectivity index (χ4n) is 1.67. The highest BCUT2D eigenvalue weighted by atomic mass is 35.5. The molecule has 0 aliphatic carbocycles. The fourth-order valence-corrected chi connectivity index (χ4v) is 2.04. The third kappa shape index (κ3) is 4.94. The molecule has 7 nitrogen and oxygen atoms in total. The van der Waals surface area contributed by atoms with E-state index in [9.17, 15) is 14.9 Å². The van der Waals surface area contributed by atoms with Gasteiger partial charge in [0, 0.05) is 11.6 Å². The van der Waals surface area contributed by atoms with Crippen molar-refractivity contribution in [2.75, 3.05) is 6.61 Å². The van der Waals surface area contributed by atoms with Gasteiger partial charge in [-0.15, -0.1) is 0 Å². The maximum Gasteiger partial charge on any atom is 0.288 e. The van der Waals surface area contributed by atoms with Gasteiger partial charge in [-0.2, -0.15) is 5.10 Å². The van der Waals surface area contributed by atoms with Gasteiger partial charge in [0.15, 0.2) is 6.61 Å². The molecule has 2 rings (SSSR count). The number of para-hydroxylation sites is 1. The highest BCUT2D eigenvalue weighted by molar-refractivity contribution is 6.32. The van der Waals surface area contributed by atoms with Crippen LogP contribution in [0.1, 0.15) is 5.56 Å². The number of carbonyl (C=O) groups is 1. The Morgan fingerprint density at radius 3 is 2.71 bits per heavy atom. The Morgan fingerprint density at radius 2 is 2.00 bits per heavy atom. The number of nitrogens with one attached hydrogen (secondary N) is 1. The lowest BCUT2D eigenvalue weighted by molar-refractivity contribution is -0.384. The molecule has 1 N–H and O–H groups in total. The van der Waals surface area contributed by atoms with Gasteiger partial charge in [0.1, 0.15) is 10.8 Å². The van der Waals surface area contributed by atoms with E-state index in [2.05, 4.69) is 10.5 Å². The number of hydrogen-bond donors (Lipinski definition) is 1. The van der Waals surface area contributed by atoms with Gasteiger partial charge in [-0.1, -0.05) is 41.4 Å². The SMILES string of the molecule is O=C(COc1ccccc1Cl)NN=Cc1ccc(Cl)c([N+](=O)[O-])c1.